The number of aromatic nitrogens is 4. The van der Waals surface area contributed by atoms with Crippen LogP contribution in [0, 0.1) is 6.92 Å². The molecule has 2 N–H and O–H groups in total. The van der Waals surface area contributed by atoms with Crippen LogP contribution in [0.15, 0.2) is 42.7 Å². The summed E-state index contributed by atoms with van der Waals surface area (Å²) in [5.41, 5.74) is 8.78. The number of nitrogens with zero attached hydrogens (tertiary/aromatic N) is 4. The second-order valence-corrected chi connectivity index (χ2v) is 4.52. The van der Waals surface area contributed by atoms with Gasteiger partial charge in [0.2, 0.25) is 0 Å². The Labute approximate surface area is 111 Å². The van der Waals surface area contributed by atoms with Crippen LogP contribution in [-0.2, 0) is 0 Å². The van der Waals surface area contributed by atoms with E-state index < -0.39 is 0 Å². The van der Waals surface area contributed by atoms with E-state index in [2.05, 4.69) is 27.3 Å². The summed E-state index contributed by atoms with van der Waals surface area (Å²) in [5, 5.41) is 8.47. The molecule has 0 spiro atoms. The monoisotopic (exact) mass is 253 g/mol. The molecule has 0 saturated heterocycles. The normalized spacial score (nSPS) is 12.7. The Morgan fingerprint density at radius 2 is 2.00 bits per heavy atom. The predicted octanol–water partition coefficient (Wildman–Crippen LogP) is 1.52. The van der Waals surface area contributed by atoms with Gasteiger partial charge in [-0.25, -0.2) is 4.98 Å². The number of fused-ring (bicyclic) bond motifs is 1. The Kier molecular flexibility index (Phi) is 2.97. The Bertz CT molecular complexity index is 689. The number of benzene rings is 1. The molecule has 3 rings (SSSR count). The summed E-state index contributed by atoms with van der Waals surface area (Å²) in [6.07, 6.45) is 1.76. The molecule has 0 aliphatic heterocycles. The van der Waals surface area contributed by atoms with Gasteiger partial charge in [0.25, 0.3) is 0 Å². The SMILES string of the molecule is Cc1cc2nnc(C(CN)c3ccccc3)n2cn1. The lowest BCUT2D eigenvalue weighted by molar-refractivity contribution is 0.733. The smallest absolute Gasteiger partial charge is 0.163 e. The zero-order chi connectivity index (χ0) is 13.2. The van der Waals surface area contributed by atoms with Crippen LogP contribution in [-0.4, -0.2) is 26.1 Å². The molecule has 2 aromatic heterocycles. The van der Waals surface area contributed by atoms with Gasteiger partial charge in [-0.2, -0.15) is 0 Å². The van der Waals surface area contributed by atoms with E-state index in [-0.39, 0.29) is 5.92 Å². The van der Waals surface area contributed by atoms with E-state index in [0.717, 1.165) is 22.7 Å². The minimum absolute atomic E-state index is 0.0284. The number of aryl methyl sites for hydroxylation is 1. The lowest BCUT2D eigenvalue weighted by Gasteiger charge is -2.13. The number of hydrogen-bond acceptors (Lipinski definition) is 4. The molecule has 1 atom stereocenters. The van der Waals surface area contributed by atoms with Crippen molar-refractivity contribution in [1.29, 1.82) is 0 Å². The molecule has 2 heterocycles. The molecule has 1 unspecified atom stereocenters. The van der Waals surface area contributed by atoms with Crippen molar-refractivity contribution in [3.63, 3.8) is 0 Å². The topological polar surface area (TPSA) is 69.1 Å². The van der Waals surface area contributed by atoms with E-state index in [1.807, 2.05) is 35.6 Å². The third kappa shape index (κ3) is 2.08. The first-order valence-electron chi connectivity index (χ1n) is 6.22. The maximum atomic E-state index is 5.92. The minimum atomic E-state index is 0.0284. The summed E-state index contributed by atoms with van der Waals surface area (Å²) in [7, 11) is 0. The summed E-state index contributed by atoms with van der Waals surface area (Å²) >= 11 is 0. The highest BCUT2D eigenvalue weighted by Crippen LogP contribution is 2.22. The molecule has 0 bridgehead atoms. The first-order valence-corrected chi connectivity index (χ1v) is 6.22. The molecule has 5 nitrogen and oxygen atoms in total. The molecule has 0 amide bonds. The van der Waals surface area contributed by atoms with Crippen molar-refractivity contribution >= 4 is 5.65 Å². The molecule has 1 aromatic carbocycles. The average molecular weight is 253 g/mol. The van der Waals surface area contributed by atoms with Gasteiger partial charge in [-0.3, -0.25) is 4.40 Å². The fourth-order valence-electron chi connectivity index (χ4n) is 2.22. The molecule has 96 valence electrons. The lowest BCUT2D eigenvalue weighted by atomic mass is 9.98. The van der Waals surface area contributed by atoms with E-state index in [1.54, 1.807) is 6.33 Å². The summed E-state index contributed by atoms with van der Waals surface area (Å²) in [4.78, 5) is 4.29. The number of nitrogens with two attached hydrogens (primary N) is 1. The first-order chi connectivity index (χ1) is 9.29. The zero-order valence-electron chi connectivity index (χ0n) is 10.7. The van der Waals surface area contributed by atoms with E-state index in [4.69, 9.17) is 5.73 Å². The predicted molar refractivity (Wildman–Crippen MR) is 72.9 cm³/mol. The first kappa shape index (κ1) is 11.8. The fraction of sp³-hybridized carbons (Fsp3) is 0.214. The second kappa shape index (κ2) is 4.78. The number of rotatable bonds is 3. The fourth-order valence-corrected chi connectivity index (χ4v) is 2.22. The minimum Gasteiger partial charge on any atom is -0.329 e. The van der Waals surface area contributed by atoms with Crippen molar-refractivity contribution in [2.45, 2.75) is 12.8 Å². The van der Waals surface area contributed by atoms with Crippen molar-refractivity contribution in [1.82, 2.24) is 19.6 Å². The molecule has 3 aromatic rings. The Morgan fingerprint density at radius 1 is 1.21 bits per heavy atom. The van der Waals surface area contributed by atoms with Gasteiger partial charge in [0, 0.05) is 18.3 Å². The van der Waals surface area contributed by atoms with Crippen LogP contribution in [0.3, 0.4) is 0 Å². The van der Waals surface area contributed by atoms with Gasteiger partial charge < -0.3 is 5.73 Å². The molecule has 0 saturated carbocycles. The Balaban J connectivity index is 2.12. The highest BCUT2D eigenvalue weighted by atomic mass is 15.3. The summed E-state index contributed by atoms with van der Waals surface area (Å²) < 4.78 is 1.90. The lowest BCUT2D eigenvalue weighted by Crippen LogP contribution is -2.16. The van der Waals surface area contributed by atoms with Crippen molar-refractivity contribution in [3.8, 4) is 0 Å². The maximum Gasteiger partial charge on any atom is 0.163 e. The van der Waals surface area contributed by atoms with Gasteiger partial charge in [0.05, 0.1) is 5.92 Å². The average Bonchev–Trinajstić information content (AvgIpc) is 2.84. The van der Waals surface area contributed by atoms with Crippen molar-refractivity contribution in [3.05, 3.63) is 59.8 Å². The standard InChI is InChI=1S/C14H15N5/c1-10-7-13-17-18-14(19(13)9-16-10)12(8-15)11-5-3-2-4-6-11/h2-7,9,12H,8,15H2,1H3. The Hall–Kier alpha value is -2.27. The van der Waals surface area contributed by atoms with E-state index in [0.29, 0.717) is 6.54 Å². The van der Waals surface area contributed by atoms with E-state index >= 15 is 0 Å². The molecule has 0 fully saturated rings. The van der Waals surface area contributed by atoms with Crippen LogP contribution in [0.5, 0.6) is 0 Å². The summed E-state index contributed by atoms with van der Waals surface area (Å²) in [6, 6.07) is 12.0. The third-order valence-electron chi connectivity index (χ3n) is 3.21. The second-order valence-electron chi connectivity index (χ2n) is 4.52. The van der Waals surface area contributed by atoms with Crippen molar-refractivity contribution < 1.29 is 0 Å². The van der Waals surface area contributed by atoms with Crippen molar-refractivity contribution in [2.24, 2.45) is 5.73 Å². The quantitative estimate of drug-likeness (QED) is 0.768. The molecule has 0 radical (unpaired) electrons. The zero-order valence-corrected chi connectivity index (χ0v) is 10.7. The highest BCUT2D eigenvalue weighted by molar-refractivity contribution is 5.40. The molecule has 0 aliphatic carbocycles. The van der Waals surface area contributed by atoms with Crippen molar-refractivity contribution in [2.75, 3.05) is 6.54 Å². The molecular formula is C14H15N5. The van der Waals surface area contributed by atoms with Gasteiger partial charge in [-0.1, -0.05) is 30.3 Å². The van der Waals surface area contributed by atoms with Gasteiger partial charge >= 0.3 is 0 Å². The molecular weight excluding hydrogens is 238 g/mol. The maximum absolute atomic E-state index is 5.92. The van der Waals surface area contributed by atoms with Gasteiger partial charge in [0.1, 0.15) is 12.2 Å². The van der Waals surface area contributed by atoms with Gasteiger partial charge in [-0.05, 0) is 12.5 Å². The summed E-state index contributed by atoms with van der Waals surface area (Å²) in [5.74, 6) is 0.858. The largest absolute Gasteiger partial charge is 0.329 e. The van der Waals surface area contributed by atoms with E-state index in [9.17, 15) is 0 Å². The third-order valence-corrected chi connectivity index (χ3v) is 3.21. The molecule has 0 aliphatic rings. The van der Waals surface area contributed by atoms with Gasteiger partial charge in [-0.15, -0.1) is 10.2 Å². The van der Waals surface area contributed by atoms with Crippen LogP contribution >= 0.6 is 0 Å². The van der Waals surface area contributed by atoms with Crippen LogP contribution < -0.4 is 5.73 Å². The van der Waals surface area contributed by atoms with Crippen LogP contribution in [0.4, 0.5) is 0 Å². The van der Waals surface area contributed by atoms with Crippen LogP contribution in [0.2, 0.25) is 0 Å². The number of hydrogen-bond donors (Lipinski definition) is 1. The molecule has 19 heavy (non-hydrogen) atoms. The molecule has 5 heteroatoms. The van der Waals surface area contributed by atoms with Gasteiger partial charge in [0.15, 0.2) is 5.65 Å². The Morgan fingerprint density at radius 3 is 2.74 bits per heavy atom. The highest BCUT2D eigenvalue weighted by Gasteiger charge is 2.18. The van der Waals surface area contributed by atoms with E-state index in [1.165, 1.54) is 0 Å². The van der Waals surface area contributed by atoms with Crippen LogP contribution in [0.1, 0.15) is 23.0 Å². The summed E-state index contributed by atoms with van der Waals surface area (Å²) in [6.45, 7) is 2.42. The van der Waals surface area contributed by atoms with Crippen LogP contribution in [0.25, 0.3) is 5.65 Å².